The molecule has 1 aromatic carbocycles. The van der Waals surface area contributed by atoms with Gasteiger partial charge in [-0.1, -0.05) is 6.07 Å². The van der Waals surface area contributed by atoms with Crippen LogP contribution in [0.15, 0.2) is 18.2 Å². The lowest BCUT2D eigenvalue weighted by atomic mass is 9.96. The molecule has 2 unspecified atom stereocenters. The Bertz CT molecular complexity index is 478. The number of methoxy groups -OCH3 is 1. The minimum atomic E-state index is -1.20. The van der Waals surface area contributed by atoms with Crippen LogP contribution in [0, 0.1) is 18.3 Å². The topological polar surface area (TPSA) is 90.6 Å². The van der Waals surface area contributed by atoms with Gasteiger partial charge in [0.2, 0.25) is 0 Å². The van der Waals surface area contributed by atoms with E-state index in [2.05, 4.69) is 4.74 Å². The van der Waals surface area contributed by atoms with Crippen LogP contribution in [0.25, 0.3) is 0 Å². The fourth-order valence-corrected chi connectivity index (χ4v) is 1.62. The van der Waals surface area contributed by atoms with Crippen LogP contribution in [-0.4, -0.2) is 29.4 Å². The van der Waals surface area contributed by atoms with Crippen molar-refractivity contribution in [1.82, 2.24) is 0 Å². The molecule has 96 valence electrons. The predicted octanol–water partition coefficient (Wildman–Crippen LogP) is 1.09. The standard InChI is InChI=1S/C13H15NO4/c1-8-3-4-9(13(17)18-2)7-10(8)12(16)11(15)5-6-14/h3-4,7,11-12,15-16H,5H2,1-2H3. The van der Waals surface area contributed by atoms with Crippen molar-refractivity contribution in [2.24, 2.45) is 0 Å². The second-order valence-corrected chi connectivity index (χ2v) is 3.94. The van der Waals surface area contributed by atoms with Crippen LogP contribution < -0.4 is 0 Å². The Hall–Kier alpha value is -1.90. The summed E-state index contributed by atoms with van der Waals surface area (Å²) in [5.41, 5.74) is 1.44. The number of carbonyl (C=O) groups excluding carboxylic acids is 1. The van der Waals surface area contributed by atoms with Gasteiger partial charge in [-0.3, -0.25) is 0 Å². The number of benzene rings is 1. The zero-order chi connectivity index (χ0) is 13.7. The maximum Gasteiger partial charge on any atom is 0.337 e. The lowest BCUT2D eigenvalue weighted by molar-refractivity contribution is 0.0211. The molecule has 0 spiro atoms. The van der Waals surface area contributed by atoms with E-state index in [0.717, 1.165) is 5.56 Å². The van der Waals surface area contributed by atoms with Crippen LogP contribution in [0.5, 0.6) is 0 Å². The maximum atomic E-state index is 11.4. The Kier molecular flexibility index (Phi) is 4.84. The van der Waals surface area contributed by atoms with Crippen LogP contribution in [0.2, 0.25) is 0 Å². The Morgan fingerprint density at radius 2 is 2.17 bits per heavy atom. The second kappa shape index (κ2) is 6.15. The van der Waals surface area contributed by atoms with Crippen molar-refractivity contribution >= 4 is 5.97 Å². The fourth-order valence-electron chi connectivity index (χ4n) is 1.62. The van der Waals surface area contributed by atoms with E-state index in [9.17, 15) is 15.0 Å². The van der Waals surface area contributed by atoms with Gasteiger partial charge >= 0.3 is 5.97 Å². The van der Waals surface area contributed by atoms with E-state index in [4.69, 9.17) is 5.26 Å². The van der Waals surface area contributed by atoms with Crippen molar-refractivity contribution in [3.8, 4) is 6.07 Å². The lowest BCUT2D eigenvalue weighted by Gasteiger charge is -2.18. The summed E-state index contributed by atoms with van der Waals surface area (Å²) in [4.78, 5) is 11.4. The highest BCUT2D eigenvalue weighted by atomic mass is 16.5. The molecule has 0 fully saturated rings. The van der Waals surface area contributed by atoms with Crippen molar-refractivity contribution in [1.29, 1.82) is 5.26 Å². The van der Waals surface area contributed by atoms with E-state index in [0.29, 0.717) is 11.1 Å². The Morgan fingerprint density at radius 3 is 2.72 bits per heavy atom. The minimum Gasteiger partial charge on any atom is -0.465 e. The Balaban J connectivity index is 3.08. The second-order valence-electron chi connectivity index (χ2n) is 3.94. The van der Waals surface area contributed by atoms with Crippen LogP contribution >= 0.6 is 0 Å². The molecule has 0 saturated carbocycles. The van der Waals surface area contributed by atoms with E-state index in [1.165, 1.54) is 13.2 Å². The summed E-state index contributed by atoms with van der Waals surface area (Å²) in [7, 11) is 1.27. The highest BCUT2D eigenvalue weighted by Gasteiger charge is 2.21. The third-order valence-corrected chi connectivity index (χ3v) is 2.68. The Morgan fingerprint density at radius 1 is 1.50 bits per heavy atom. The molecular weight excluding hydrogens is 234 g/mol. The normalized spacial score (nSPS) is 13.5. The predicted molar refractivity (Wildman–Crippen MR) is 63.7 cm³/mol. The molecule has 0 heterocycles. The van der Waals surface area contributed by atoms with E-state index in [-0.39, 0.29) is 6.42 Å². The van der Waals surface area contributed by atoms with Gasteiger partial charge < -0.3 is 14.9 Å². The summed E-state index contributed by atoms with van der Waals surface area (Å²) < 4.78 is 4.58. The average Bonchev–Trinajstić information content (AvgIpc) is 2.37. The molecule has 0 radical (unpaired) electrons. The van der Waals surface area contributed by atoms with E-state index in [1.807, 2.05) is 0 Å². The number of rotatable bonds is 4. The third-order valence-electron chi connectivity index (χ3n) is 2.68. The molecular formula is C13H15NO4. The quantitative estimate of drug-likeness (QED) is 0.779. The summed E-state index contributed by atoms with van der Waals surface area (Å²) >= 11 is 0. The van der Waals surface area contributed by atoms with Crippen molar-refractivity contribution in [2.75, 3.05) is 7.11 Å². The highest BCUT2D eigenvalue weighted by Crippen LogP contribution is 2.23. The number of aryl methyl sites for hydroxylation is 1. The molecule has 18 heavy (non-hydrogen) atoms. The monoisotopic (exact) mass is 249 g/mol. The number of aliphatic hydroxyl groups excluding tert-OH is 2. The van der Waals surface area contributed by atoms with E-state index < -0.39 is 18.2 Å². The number of hydrogen-bond donors (Lipinski definition) is 2. The first-order valence-electron chi connectivity index (χ1n) is 5.43. The molecule has 5 nitrogen and oxygen atoms in total. The molecule has 0 saturated heterocycles. The van der Waals surface area contributed by atoms with Gasteiger partial charge in [0.1, 0.15) is 6.10 Å². The zero-order valence-electron chi connectivity index (χ0n) is 10.3. The van der Waals surface area contributed by atoms with Crippen LogP contribution in [0.3, 0.4) is 0 Å². The molecule has 0 amide bonds. The highest BCUT2D eigenvalue weighted by molar-refractivity contribution is 5.89. The smallest absolute Gasteiger partial charge is 0.337 e. The van der Waals surface area contributed by atoms with Gasteiger partial charge in [0.05, 0.1) is 31.3 Å². The molecule has 0 bridgehead atoms. The first-order valence-corrected chi connectivity index (χ1v) is 5.43. The summed E-state index contributed by atoms with van der Waals surface area (Å²) in [6.45, 7) is 1.75. The lowest BCUT2D eigenvalue weighted by Crippen LogP contribution is -2.19. The van der Waals surface area contributed by atoms with Crippen molar-refractivity contribution in [3.63, 3.8) is 0 Å². The fraction of sp³-hybridized carbons (Fsp3) is 0.385. The molecule has 1 rings (SSSR count). The zero-order valence-corrected chi connectivity index (χ0v) is 10.3. The number of aliphatic hydroxyl groups is 2. The maximum absolute atomic E-state index is 11.4. The van der Waals surface area contributed by atoms with Gasteiger partial charge in [-0.15, -0.1) is 0 Å². The summed E-state index contributed by atoms with van der Waals surface area (Å²) in [5.74, 6) is -0.516. The number of ether oxygens (including phenoxy) is 1. The number of carbonyl (C=O) groups is 1. The molecule has 5 heteroatoms. The summed E-state index contributed by atoms with van der Waals surface area (Å²) in [6, 6.07) is 6.48. The van der Waals surface area contributed by atoms with Gasteiger partial charge in [-0.05, 0) is 30.2 Å². The van der Waals surface area contributed by atoms with E-state index >= 15 is 0 Å². The number of esters is 1. The molecule has 0 aliphatic heterocycles. The number of nitriles is 1. The molecule has 2 N–H and O–H groups in total. The van der Waals surface area contributed by atoms with Gasteiger partial charge in [0, 0.05) is 0 Å². The summed E-state index contributed by atoms with van der Waals surface area (Å²) in [6.07, 6.45) is -2.56. The van der Waals surface area contributed by atoms with E-state index in [1.54, 1.807) is 25.1 Å². The largest absolute Gasteiger partial charge is 0.465 e. The SMILES string of the molecule is COC(=O)c1ccc(C)c(C(O)C(O)CC#N)c1. The molecule has 2 atom stereocenters. The van der Waals surface area contributed by atoms with Crippen molar-refractivity contribution < 1.29 is 19.7 Å². The molecule has 0 aliphatic carbocycles. The number of hydrogen-bond acceptors (Lipinski definition) is 5. The first kappa shape index (κ1) is 14.2. The number of nitrogens with zero attached hydrogens (tertiary/aromatic N) is 1. The van der Waals surface area contributed by atoms with Crippen molar-refractivity contribution in [2.45, 2.75) is 25.6 Å². The van der Waals surface area contributed by atoms with Crippen LogP contribution in [-0.2, 0) is 4.74 Å². The van der Waals surface area contributed by atoms with Gasteiger partial charge in [0.25, 0.3) is 0 Å². The van der Waals surface area contributed by atoms with Gasteiger partial charge in [0.15, 0.2) is 0 Å². The summed E-state index contributed by atoms with van der Waals surface area (Å²) in [5, 5.41) is 28.0. The average molecular weight is 249 g/mol. The Labute approximate surface area is 105 Å². The minimum absolute atomic E-state index is 0.178. The van der Waals surface area contributed by atoms with Gasteiger partial charge in [-0.2, -0.15) is 5.26 Å². The molecule has 0 aliphatic rings. The van der Waals surface area contributed by atoms with Crippen molar-refractivity contribution in [3.05, 3.63) is 34.9 Å². The third kappa shape index (κ3) is 3.06. The van der Waals surface area contributed by atoms with Gasteiger partial charge in [-0.25, -0.2) is 4.79 Å². The molecule has 1 aromatic rings. The first-order chi connectivity index (χ1) is 8.51. The van der Waals surface area contributed by atoms with Crippen LogP contribution in [0.1, 0.15) is 34.0 Å². The molecule has 0 aromatic heterocycles. The van der Waals surface area contributed by atoms with Crippen LogP contribution in [0.4, 0.5) is 0 Å².